The molecule has 1 amide bonds. The molecule has 0 aromatic carbocycles. The first-order valence-corrected chi connectivity index (χ1v) is 6.86. The molecule has 1 heterocycles. The predicted octanol–water partition coefficient (Wildman–Crippen LogP) is 2.21. The Morgan fingerprint density at radius 1 is 1.42 bits per heavy atom. The second-order valence-corrected chi connectivity index (χ2v) is 5.11. The fourth-order valence-corrected chi connectivity index (χ4v) is 2.47. The topological polar surface area (TPSA) is 65.8 Å². The predicted molar refractivity (Wildman–Crippen MR) is 72.1 cm³/mol. The highest BCUT2D eigenvalue weighted by Gasteiger charge is 2.21. The Morgan fingerprint density at radius 2 is 2.21 bits per heavy atom. The van der Waals surface area contributed by atoms with E-state index in [1.807, 2.05) is 12.1 Å². The van der Waals surface area contributed by atoms with Crippen molar-refractivity contribution < 1.29 is 4.79 Å². The van der Waals surface area contributed by atoms with Crippen molar-refractivity contribution in [3.8, 4) is 6.07 Å². The van der Waals surface area contributed by atoms with Gasteiger partial charge in [-0.15, -0.1) is 0 Å². The van der Waals surface area contributed by atoms with Crippen LogP contribution >= 0.6 is 0 Å². The number of nitriles is 1. The third kappa shape index (κ3) is 4.36. The van der Waals surface area contributed by atoms with E-state index >= 15 is 0 Å². The molecule has 0 aliphatic heterocycles. The Balaban J connectivity index is 1.69. The summed E-state index contributed by atoms with van der Waals surface area (Å²) < 4.78 is 0. The van der Waals surface area contributed by atoms with Crippen LogP contribution in [0.3, 0.4) is 0 Å². The Bertz CT molecular complexity index is 444. The lowest BCUT2D eigenvalue weighted by molar-refractivity contribution is -0.122. The van der Waals surface area contributed by atoms with E-state index in [2.05, 4.69) is 16.4 Å². The number of hydrogen-bond donors (Lipinski definition) is 1. The van der Waals surface area contributed by atoms with Gasteiger partial charge in [-0.3, -0.25) is 9.78 Å². The molecule has 0 radical (unpaired) electrons. The minimum atomic E-state index is 0.101. The number of aryl methyl sites for hydroxylation is 1. The number of pyridine rings is 1. The van der Waals surface area contributed by atoms with Gasteiger partial charge in [-0.1, -0.05) is 6.07 Å². The van der Waals surface area contributed by atoms with Gasteiger partial charge < -0.3 is 5.32 Å². The highest BCUT2D eigenvalue weighted by atomic mass is 16.1. The van der Waals surface area contributed by atoms with E-state index in [9.17, 15) is 4.79 Å². The van der Waals surface area contributed by atoms with E-state index in [1.54, 1.807) is 12.4 Å². The van der Waals surface area contributed by atoms with Gasteiger partial charge >= 0.3 is 0 Å². The van der Waals surface area contributed by atoms with Gasteiger partial charge in [0, 0.05) is 30.8 Å². The summed E-state index contributed by atoms with van der Waals surface area (Å²) in [4.78, 5) is 15.9. The maximum Gasteiger partial charge on any atom is 0.220 e. The molecule has 0 atom stereocenters. The number of hydrogen-bond acceptors (Lipinski definition) is 3. The van der Waals surface area contributed by atoms with Gasteiger partial charge in [0.1, 0.15) is 0 Å². The number of nitrogens with one attached hydrogen (secondary N) is 1. The van der Waals surface area contributed by atoms with E-state index in [1.165, 1.54) is 0 Å². The van der Waals surface area contributed by atoms with Crippen LogP contribution in [0.4, 0.5) is 0 Å². The van der Waals surface area contributed by atoms with Gasteiger partial charge in [0.2, 0.25) is 5.91 Å². The molecule has 1 aliphatic rings. The van der Waals surface area contributed by atoms with Crippen molar-refractivity contribution in [3.05, 3.63) is 30.1 Å². The van der Waals surface area contributed by atoms with Crippen LogP contribution in [-0.2, 0) is 11.2 Å². The largest absolute Gasteiger partial charge is 0.353 e. The lowest BCUT2D eigenvalue weighted by atomic mass is 9.87. The van der Waals surface area contributed by atoms with Crippen LogP contribution in [0.1, 0.15) is 37.7 Å². The normalized spacial score (nSPS) is 22.5. The van der Waals surface area contributed by atoms with Crippen molar-refractivity contribution in [2.75, 3.05) is 0 Å². The first-order valence-electron chi connectivity index (χ1n) is 6.86. The van der Waals surface area contributed by atoms with Crippen LogP contribution in [0.2, 0.25) is 0 Å². The molecule has 2 rings (SSSR count). The van der Waals surface area contributed by atoms with Crippen molar-refractivity contribution in [1.82, 2.24) is 10.3 Å². The highest BCUT2D eigenvalue weighted by Crippen LogP contribution is 2.23. The van der Waals surface area contributed by atoms with Crippen LogP contribution in [0, 0.1) is 17.2 Å². The zero-order chi connectivity index (χ0) is 13.5. The van der Waals surface area contributed by atoms with Crippen molar-refractivity contribution in [3.63, 3.8) is 0 Å². The quantitative estimate of drug-likeness (QED) is 0.899. The van der Waals surface area contributed by atoms with Gasteiger partial charge in [-0.05, 0) is 43.7 Å². The lowest BCUT2D eigenvalue weighted by Crippen LogP contribution is -2.37. The number of amides is 1. The SMILES string of the molecule is N#CC1CCC(NC(=O)CCc2cccnc2)CC1. The number of nitrogens with zero attached hydrogens (tertiary/aromatic N) is 2. The Kier molecular flexibility index (Phi) is 4.91. The van der Waals surface area contributed by atoms with Crippen molar-refractivity contribution in [2.45, 2.75) is 44.6 Å². The van der Waals surface area contributed by atoms with Crippen LogP contribution in [0.25, 0.3) is 0 Å². The third-order valence-corrected chi connectivity index (χ3v) is 3.64. The average Bonchev–Trinajstić information content (AvgIpc) is 2.47. The first kappa shape index (κ1) is 13.5. The van der Waals surface area contributed by atoms with E-state index in [0.717, 1.165) is 37.7 Å². The van der Waals surface area contributed by atoms with Crippen molar-refractivity contribution in [2.24, 2.45) is 5.92 Å². The molecule has 0 unspecified atom stereocenters. The zero-order valence-electron chi connectivity index (χ0n) is 11.0. The number of aromatic nitrogens is 1. The Labute approximate surface area is 113 Å². The summed E-state index contributed by atoms with van der Waals surface area (Å²) in [6, 6.07) is 6.43. The summed E-state index contributed by atoms with van der Waals surface area (Å²) in [5.74, 6) is 0.285. The van der Waals surface area contributed by atoms with Gasteiger partial charge in [-0.2, -0.15) is 5.26 Å². The van der Waals surface area contributed by atoms with E-state index in [4.69, 9.17) is 5.26 Å². The molecule has 4 heteroatoms. The van der Waals surface area contributed by atoms with Crippen molar-refractivity contribution in [1.29, 1.82) is 5.26 Å². The molecule has 0 saturated heterocycles. The molecule has 0 spiro atoms. The van der Waals surface area contributed by atoms with E-state index in [-0.39, 0.29) is 17.9 Å². The third-order valence-electron chi connectivity index (χ3n) is 3.64. The second kappa shape index (κ2) is 6.89. The molecular weight excluding hydrogens is 238 g/mol. The fraction of sp³-hybridized carbons (Fsp3) is 0.533. The summed E-state index contributed by atoms with van der Waals surface area (Å²) in [7, 11) is 0. The Morgan fingerprint density at radius 3 is 2.84 bits per heavy atom. The number of rotatable bonds is 4. The summed E-state index contributed by atoms with van der Waals surface area (Å²) in [5, 5.41) is 11.9. The molecule has 1 fully saturated rings. The smallest absolute Gasteiger partial charge is 0.220 e. The van der Waals surface area contributed by atoms with Crippen LogP contribution in [-0.4, -0.2) is 16.9 Å². The van der Waals surface area contributed by atoms with Crippen molar-refractivity contribution >= 4 is 5.91 Å². The van der Waals surface area contributed by atoms with Gasteiger partial charge in [0.15, 0.2) is 0 Å². The van der Waals surface area contributed by atoms with Gasteiger partial charge in [0.05, 0.1) is 6.07 Å². The van der Waals surface area contributed by atoms with Gasteiger partial charge in [-0.25, -0.2) is 0 Å². The minimum absolute atomic E-state index is 0.101. The fourth-order valence-electron chi connectivity index (χ4n) is 2.47. The van der Waals surface area contributed by atoms with Crippen LogP contribution < -0.4 is 5.32 Å². The monoisotopic (exact) mass is 257 g/mol. The summed E-state index contributed by atoms with van der Waals surface area (Å²) in [6.07, 6.45) is 8.43. The molecule has 1 N–H and O–H groups in total. The van der Waals surface area contributed by atoms with E-state index in [0.29, 0.717) is 6.42 Å². The Hall–Kier alpha value is -1.89. The zero-order valence-corrected chi connectivity index (χ0v) is 11.0. The lowest BCUT2D eigenvalue weighted by Gasteiger charge is -2.25. The molecule has 1 saturated carbocycles. The summed E-state index contributed by atoms with van der Waals surface area (Å²) >= 11 is 0. The molecule has 4 nitrogen and oxygen atoms in total. The average molecular weight is 257 g/mol. The maximum atomic E-state index is 11.8. The van der Waals surface area contributed by atoms with E-state index < -0.39 is 0 Å². The molecule has 100 valence electrons. The molecule has 1 aromatic rings. The maximum absolute atomic E-state index is 11.8. The van der Waals surface area contributed by atoms with Gasteiger partial charge in [0.25, 0.3) is 0 Å². The second-order valence-electron chi connectivity index (χ2n) is 5.11. The first-order chi connectivity index (χ1) is 9.28. The number of carbonyl (C=O) groups is 1. The standard InChI is InChI=1S/C15H19N3O/c16-10-12-3-6-14(7-4-12)18-15(19)8-5-13-2-1-9-17-11-13/h1-2,9,11-12,14H,3-8H2,(H,18,19). The molecule has 1 aromatic heterocycles. The molecular formula is C15H19N3O. The molecule has 19 heavy (non-hydrogen) atoms. The molecule has 0 bridgehead atoms. The summed E-state index contributed by atoms with van der Waals surface area (Å²) in [5.41, 5.74) is 1.09. The minimum Gasteiger partial charge on any atom is -0.353 e. The van der Waals surface area contributed by atoms with Crippen LogP contribution in [0.5, 0.6) is 0 Å². The van der Waals surface area contributed by atoms with Crippen LogP contribution in [0.15, 0.2) is 24.5 Å². The molecule has 1 aliphatic carbocycles. The highest BCUT2D eigenvalue weighted by molar-refractivity contribution is 5.76. The number of carbonyl (C=O) groups excluding carboxylic acids is 1. The summed E-state index contributed by atoms with van der Waals surface area (Å²) in [6.45, 7) is 0.